The zero-order valence-electron chi connectivity index (χ0n) is 6.03. The lowest BCUT2D eigenvalue weighted by Crippen LogP contribution is -2.03. The van der Waals surface area contributed by atoms with Gasteiger partial charge in [-0.25, -0.2) is 0 Å². The molecule has 3 rings (SSSR count). The maximum Gasteiger partial charge on any atom is 0.225 e. The Hall–Kier alpha value is -0.300. The summed E-state index contributed by atoms with van der Waals surface area (Å²) in [7, 11) is 0. The minimum absolute atomic E-state index is 0.0987. The Bertz CT molecular complexity index is 240. The minimum atomic E-state index is -0.0987. The van der Waals surface area contributed by atoms with Crippen molar-refractivity contribution in [3.63, 3.8) is 0 Å². The third-order valence-electron chi connectivity index (χ3n) is 3.53. The third kappa shape index (κ3) is 0.610. The first-order chi connectivity index (χ1) is 5.29. The zero-order chi connectivity index (χ0) is 7.59. The van der Waals surface area contributed by atoms with Gasteiger partial charge in [0.2, 0.25) is 5.24 Å². The van der Waals surface area contributed by atoms with Gasteiger partial charge in [0.25, 0.3) is 0 Å². The highest BCUT2D eigenvalue weighted by Gasteiger charge is 2.65. The summed E-state index contributed by atoms with van der Waals surface area (Å²) in [6.07, 6.45) is 5.83. The molecule has 0 radical (unpaired) electrons. The van der Waals surface area contributed by atoms with Gasteiger partial charge in [-0.2, -0.15) is 0 Å². The van der Waals surface area contributed by atoms with E-state index in [-0.39, 0.29) is 11.2 Å². The van der Waals surface area contributed by atoms with Crippen molar-refractivity contribution in [2.45, 2.75) is 6.42 Å². The summed E-state index contributed by atoms with van der Waals surface area (Å²) < 4.78 is 0. The molecule has 0 spiro atoms. The quantitative estimate of drug-likeness (QED) is 0.431. The van der Waals surface area contributed by atoms with Crippen LogP contribution in [0.3, 0.4) is 0 Å². The fourth-order valence-electron chi connectivity index (χ4n) is 3.09. The molecule has 0 aromatic rings. The van der Waals surface area contributed by atoms with Crippen LogP contribution in [0.15, 0.2) is 12.2 Å². The second kappa shape index (κ2) is 1.71. The molecular formula is C9H9ClO. The maximum atomic E-state index is 10.9. The zero-order valence-corrected chi connectivity index (χ0v) is 6.79. The first-order valence-corrected chi connectivity index (χ1v) is 4.54. The molecular weight excluding hydrogens is 160 g/mol. The standard InChI is InChI=1S/C9H9ClO/c10-9(11)8-6-4-1-2-5(3-4)7(6)8/h1-2,4-8H,3H2/t4-,5+,6-,7+,8?. The van der Waals surface area contributed by atoms with Crippen molar-refractivity contribution < 1.29 is 4.79 Å². The Morgan fingerprint density at radius 2 is 1.82 bits per heavy atom. The molecule has 2 heteroatoms. The highest BCUT2D eigenvalue weighted by Crippen LogP contribution is 2.67. The van der Waals surface area contributed by atoms with Gasteiger partial charge in [0.15, 0.2) is 0 Å². The summed E-state index contributed by atoms with van der Waals surface area (Å²) in [6.45, 7) is 0. The summed E-state index contributed by atoms with van der Waals surface area (Å²) in [5.41, 5.74) is 0. The fourth-order valence-corrected chi connectivity index (χ4v) is 3.38. The van der Waals surface area contributed by atoms with Crippen molar-refractivity contribution in [1.29, 1.82) is 0 Å². The molecule has 58 valence electrons. The average molecular weight is 169 g/mol. The van der Waals surface area contributed by atoms with Crippen molar-refractivity contribution in [2.75, 3.05) is 0 Å². The number of carbonyl (C=O) groups is 1. The van der Waals surface area contributed by atoms with Crippen LogP contribution in [0, 0.1) is 29.6 Å². The lowest BCUT2D eigenvalue weighted by atomic mass is 10.0. The predicted molar refractivity (Wildman–Crippen MR) is 42.1 cm³/mol. The van der Waals surface area contributed by atoms with Crippen LogP contribution < -0.4 is 0 Å². The van der Waals surface area contributed by atoms with Crippen LogP contribution in [0.25, 0.3) is 0 Å². The molecule has 2 saturated carbocycles. The molecule has 2 fully saturated rings. The summed E-state index contributed by atoms with van der Waals surface area (Å²) in [5.74, 6) is 2.87. The Labute approximate surface area is 70.4 Å². The second-order valence-corrected chi connectivity index (χ2v) is 4.31. The van der Waals surface area contributed by atoms with Crippen LogP contribution in [-0.2, 0) is 4.79 Å². The molecule has 5 atom stereocenters. The molecule has 0 aromatic carbocycles. The highest BCUT2D eigenvalue weighted by molar-refractivity contribution is 6.64. The lowest BCUT2D eigenvalue weighted by Gasteiger charge is -2.03. The van der Waals surface area contributed by atoms with E-state index in [4.69, 9.17) is 11.6 Å². The van der Waals surface area contributed by atoms with E-state index in [9.17, 15) is 4.79 Å². The number of allylic oxidation sites excluding steroid dienone is 2. The molecule has 0 saturated heterocycles. The van der Waals surface area contributed by atoms with Gasteiger partial charge in [-0.15, -0.1) is 0 Å². The molecule has 3 aliphatic carbocycles. The van der Waals surface area contributed by atoms with Crippen LogP contribution in [0.1, 0.15) is 6.42 Å². The normalized spacial score (nSPS) is 56.3. The maximum absolute atomic E-state index is 10.9. The van der Waals surface area contributed by atoms with Crippen LogP contribution in [0.4, 0.5) is 0 Å². The second-order valence-electron chi connectivity index (χ2n) is 3.93. The molecule has 0 aliphatic heterocycles. The summed E-state index contributed by atoms with van der Waals surface area (Å²) in [6, 6.07) is 0. The number of hydrogen-bond donors (Lipinski definition) is 0. The molecule has 3 aliphatic rings. The number of carbonyl (C=O) groups excluding carboxylic acids is 1. The Morgan fingerprint density at radius 1 is 1.27 bits per heavy atom. The molecule has 1 nitrogen and oxygen atoms in total. The number of rotatable bonds is 1. The van der Waals surface area contributed by atoms with Crippen molar-refractivity contribution in [2.24, 2.45) is 29.6 Å². The SMILES string of the molecule is O=C(Cl)C1[C@@H]2[C@H]1[C@@H]1C=C[C@H]2C1. The van der Waals surface area contributed by atoms with E-state index in [1.165, 1.54) is 6.42 Å². The van der Waals surface area contributed by atoms with Crippen LogP contribution >= 0.6 is 11.6 Å². The van der Waals surface area contributed by atoms with Crippen molar-refractivity contribution in [3.8, 4) is 0 Å². The molecule has 0 N–H and O–H groups in total. The molecule has 0 amide bonds. The first-order valence-electron chi connectivity index (χ1n) is 4.16. The third-order valence-corrected chi connectivity index (χ3v) is 3.79. The smallest absolute Gasteiger partial charge is 0.225 e. The number of fused-ring (bicyclic) bond motifs is 5. The van der Waals surface area contributed by atoms with Crippen molar-refractivity contribution in [1.82, 2.24) is 0 Å². The van der Waals surface area contributed by atoms with Gasteiger partial charge in [-0.1, -0.05) is 12.2 Å². The summed E-state index contributed by atoms with van der Waals surface area (Å²) in [5, 5.41) is -0.0987. The summed E-state index contributed by atoms with van der Waals surface area (Å²) >= 11 is 5.47. The van der Waals surface area contributed by atoms with Gasteiger partial charge >= 0.3 is 0 Å². The van der Waals surface area contributed by atoms with E-state index in [0.717, 1.165) is 0 Å². The van der Waals surface area contributed by atoms with Gasteiger partial charge in [0, 0.05) is 5.92 Å². The summed E-state index contributed by atoms with van der Waals surface area (Å²) in [4.78, 5) is 10.9. The van der Waals surface area contributed by atoms with E-state index in [2.05, 4.69) is 12.2 Å². The van der Waals surface area contributed by atoms with E-state index >= 15 is 0 Å². The number of hydrogen-bond acceptors (Lipinski definition) is 1. The van der Waals surface area contributed by atoms with E-state index in [1.807, 2.05) is 0 Å². The predicted octanol–water partition coefficient (Wildman–Crippen LogP) is 1.82. The minimum Gasteiger partial charge on any atom is -0.281 e. The molecule has 1 unspecified atom stereocenters. The highest BCUT2D eigenvalue weighted by atomic mass is 35.5. The Balaban J connectivity index is 1.90. The number of halogens is 1. The van der Waals surface area contributed by atoms with Gasteiger partial charge in [0.05, 0.1) is 0 Å². The first kappa shape index (κ1) is 6.24. The van der Waals surface area contributed by atoms with E-state index < -0.39 is 0 Å². The van der Waals surface area contributed by atoms with Crippen LogP contribution in [0.5, 0.6) is 0 Å². The van der Waals surface area contributed by atoms with Gasteiger partial charge in [-0.3, -0.25) is 4.79 Å². The topological polar surface area (TPSA) is 17.1 Å². The van der Waals surface area contributed by atoms with Crippen LogP contribution in [0.2, 0.25) is 0 Å². The van der Waals surface area contributed by atoms with Crippen molar-refractivity contribution in [3.05, 3.63) is 12.2 Å². The monoisotopic (exact) mass is 168 g/mol. The van der Waals surface area contributed by atoms with Gasteiger partial charge in [-0.05, 0) is 41.7 Å². The molecule has 2 bridgehead atoms. The Kier molecular flexibility index (Phi) is 0.972. The molecule has 0 heterocycles. The Morgan fingerprint density at radius 3 is 2.27 bits per heavy atom. The van der Waals surface area contributed by atoms with E-state index in [1.54, 1.807) is 0 Å². The largest absolute Gasteiger partial charge is 0.281 e. The van der Waals surface area contributed by atoms with E-state index in [0.29, 0.717) is 23.7 Å². The fraction of sp³-hybridized carbons (Fsp3) is 0.667. The van der Waals surface area contributed by atoms with Crippen LogP contribution in [-0.4, -0.2) is 5.24 Å². The van der Waals surface area contributed by atoms with Crippen molar-refractivity contribution >= 4 is 16.8 Å². The van der Waals surface area contributed by atoms with Gasteiger partial charge < -0.3 is 0 Å². The lowest BCUT2D eigenvalue weighted by molar-refractivity contribution is -0.113. The molecule has 11 heavy (non-hydrogen) atoms. The van der Waals surface area contributed by atoms with Gasteiger partial charge in [0.1, 0.15) is 0 Å². The molecule has 0 aromatic heterocycles. The average Bonchev–Trinajstić information content (AvgIpc) is 2.44.